The van der Waals surface area contributed by atoms with Crippen LogP contribution >= 0.6 is 0 Å². The molecule has 2 aromatic heterocycles. The Morgan fingerprint density at radius 1 is 0.880 bits per heavy atom. The number of para-hydroxylation sites is 1. The van der Waals surface area contributed by atoms with Crippen molar-refractivity contribution in [1.82, 2.24) is 19.7 Å². The highest BCUT2D eigenvalue weighted by Crippen LogP contribution is 2.29. The number of rotatable bonds is 3. The molecule has 0 fully saturated rings. The fourth-order valence-corrected chi connectivity index (χ4v) is 3.01. The molecule has 0 amide bonds. The van der Waals surface area contributed by atoms with E-state index in [4.69, 9.17) is 4.98 Å². The lowest BCUT2D eigenvalue weighted by atomic mass is 10.1. The topological polar surface area (TPSA) is 55.6 Å². The van der Waals surface area contributed by atoms with Gasteiger partial charge in [-0.05, 0) is 19.9 Å². The highest BCUT2D eigenvalue weighted by atomic mass is 15.3. The van der Waals surface area contributed by atoms with Gasteiger partial charge in [0, 0.05) is 18.0 Å². The van der Waals surface area contributed by atoms with Crippen molar-refractivity contribution >= 4 is 22.5 Å². The fourth-order valence-electron chi connectivity index (χ4n) is 3.01. The number of aromatic nitrogens is 4. The van der Waals surface area contributed by atoms with E-state index in [0.29, 0.717) is 5.95 Å². The van der Waals surface area contributed by atoms with Gasteiger partial charge in [-0.3, -0.25) is 4.68 Å². The minimum absolute atomic E-state index is 0.580. The lowest BCUT2D eigenvalue weighted by Gasteiger charge is -2.10. The third-order valence-corrected chi connectivity index (χ3v) is 4.40. The molecule has 0 unspecified atom stereocenters. The van der Waals surface area contributed by atoms with Crippen LogP contribution in [0.25, 0.3) is 22.2 Å². The molecule has 25 heavy (non-hydrogen) atoms. The molecule has 1 N–H and O–H groups in total. The predicted molar refractivity (Wildman–Crippen MR) is 101 cm³/mol. The van der Waals surface area contributed by atoms with Crippen molar-refractivity contribution in [2.24, 2.45) is 7.05 Å². The summed E-state index contributed by atoms with van der Waals surface area (Å²) in [5, 5.41) is 8.85. The van der Waals surface area contributed by atoms with Gasteiger partial charge in [0.1, 0.15) is 0 Å². The maximum absolute atomic E-state index is 4.80. The molecule has 0 aliphatic carbocycles. The number of nitrogens with zero attached hydrogens (tertiary/aromatic N) is 4. The number of anilines is 2. The summed E-state index contributed by atoms with van der Waals surface area (Å²) < 4.78 is 1.86. The minimum atomic E-state index is 0.580. The van der Waals surface area contributed by atoms with Crippen LogP contribution in [-0.4, -0.2) is 19.7 Å². The molecule has 2 heterocycles. The molecule has 124 valence electrons. The van der Waals surface area contributed by atoms with Crippen LogP contribution in [0.3, 0.4) is 0 Å². The summed E-state index contributed by atoms with van der Waals surface area (Å²) in [4.78, 5) is 9.49. The van der Waals surface area contributed by atoms with E-state index in [9.17, 15) is 0 Å². The number of benzene rings is 2. The van der Waals surface area contributed by atoms with E-state index < -0.39 is 0 Å². The van der Waals surface area contributed by atoms with Crippen molar-refractivity contribution in [1.29, 1.82) is 0 Å². The molecule has 0 aliphatic heterocycles. The Balaban J connectivity index is 1.88. The Morgan fingerprint density at radius 2 is 1.60 bits per heavy atom. The van der Waals surface area contributed by atoms with Crippen molar-refractivity contribution in [2.75, 3.05) is 5.32 Å². The summed E-state index contributed by atoms with van der Waals surface area (Å²) >= 11 is 0. The minimum Gasteiger partial charge on any atom is -0.321 e. The van der Waals surface area contributed by atoms with E-state index in [0.717, 1.165) is 39.2 Å². The number of fused-ring (bicyclic) bond motifs is 1. The molecule has 0 saturated heterocycles. The van der Waals surface area contributed by atoms with Crippen molar-refractivity contribution < 1.29 is 0 Å². The second-order valence-corrected chi connectivity index (χ2v) is 6.07. The smallest absolute Gasteiger partial charge is 0.228 e. The molecule has 0 bridgehead atoms. The van der Waals surface area contributed by atoms with Crippen LogP contribution in [0.15, 0.2) is 54.6 Å². The first kappa shape index (κ1) is 15.3. The van der Waals surface area contributed by atoms with Crippen molar-refractivity contribution in [3.63, 3.8) is 0 Å². The monoisotopic (exact) mass is 329 g/mol. The van der Waals surface area contributed by atoms with Crippen LogP contribution in [0.5, 0.6) is 0 Å². The molecule has 5 nitrogen and oxygen atoms in total. The zero-order valence-electron chi connectivity index (χ0n) is 14.5. The second kappa shape index (κ2) is 6.02. The van der Waals surface area contributed by atoms with Gasteiger partial charge in [-0.25, -0.2) is 9.97 Å². The lowest BCUT2D eigenvalue weighted by Crippen LogP contribution is -2.01. The van der Waals surface area contributed by atoms with E-state index >= 15 is 0 Å². The maximum atomic E-state index is 4.80. The predicted octanol–water partition coefficient (Wildman–Crippen LogP) is 4.39. The molecule has 4 aromatic rings. The number of nitrogens with one attached hydrogen (secondary N) is 1. The Bertz CT molecular complexity index is 1050. The van der Waals surface area contributed by atoms with Crippen molar-refractivity contribution in [3.05, 3.63) is 66.0 Å². The Labute approximate surface area is 146 Å². The van der Waals surface area contributed by atoms with Crippen LogP contribution in [0.1, 0.15) is 11.4 Å². The molecule has 0 aliphatic rings. The molecule has 0 radical (unpaired) electrons. The van der Waals surface area contributed by atoms with Gasteiger partial charge in [-0.1, -0.05) is 48.5 Å². The highest BCUT2D eigenvalue weighted by Gasteiger charge is 2.13. The third-order valence-electron chi connectivity index (χ3n) is 4.40. The largest absolute Gasteiger partial charge is 0.321 e. The van der Waals surface area contributed by atoms with Gasteiger partial charge in [0.15, 0.2) is 0 Å². The van der Waals surface area contributed by atoms with Crippen LogP contribution < -0.4 is 5.32 Å². The summed E-state index contributed by atoms with van der Waals surface area (Å²) in [5.41, 5.74) is 5.85. The van der Waals surface area contributed by atoms with Crippen LogP contribution in [0.4, 0.5) is 11.6 Å². The summed E-state index contributed by atoms with van der Waals surface area (Å²) in [6.45, 7) is 4.01. The summed E-state index contributed by atoms with van der Waals surface area (Å²) in [7, 11) is 1.93. The van der Waals surface area contributed by atoms with Gasteiger partial charge >= 0.3 is 0 Å². The first-order valence-electron chi connectivity index (χ1n) is 8.23. The van der Waals surface area contributed by atoms with Crippen molar-refractivity contribution in [2.45, 2.75) is 13.8 Å². The SMILES string of the molecule is Cc1nn(C)c(C)c1Nc1nc(-c2ccccc2)c2ccccc2n1. The summed E-state index contributed by atoms with van der Waals surface area (Å²) in [6.07, 6.45) is 0. The van der Waals surface area contributed by atoms with E-state index in [-0.39, 0.29) is 0 Å². The van der Waals surface area contributed by atoms with E-state index in [1.54, 1.807) is 0 Å². The quantitative estimate of drug-likeness (QED) is 0.605. The summed E-state index contributed by atoms with van der Waals surface area (Å²) in [6, 6.07) is 18.3. The molecule has 0 saturated carbocycles. The molecule has 0 atom stereocenters. The normalized spacial score (nSPS) is 11.0. The highest BCUT2D eigenvalue weighted by molar-refractivity contribution is 5.93. The van der Waals surface area contributed by atoms with E-state index in [1.807, 2.05) is 62.0 Å². The Morgan fingerprint density at radius 3 is 2.32 bits per heavy atom. The zero-order chi connectivity index (χ0) is 17.4. The first-order valence-corrected chi connectivity index (χ1v) is 8.23. The van der Waals surface area contributed by atoms with Gasteiger partial charge in [0.2, 0.25) is 5.95 Å². The first-order chi connectivity index (χ1) is 12.1. The molecular formula is C20H19N5. The van der Waals surface area contributed by atoms with Gasteiger partial charge in [-0.2, -0.15) is 5.10 Å². The van der Waals surface area contributed by atoms with Gasteiger partial charge in [0.05, 0.1) is 28.3 Å². The van der Waals surface area contributed by atoms with Gasteiger partial charge in [-0.15, -0.1) is 0 Å². The fraction of sp³-hybridized carbons (Fsp3) is 0.150. The molecule has 4 rings (SSSR count). The standard InChI is InChI=1S/C20H19N5/c1-13-18(14(2)25(3)24-13)22-20-21-17-12-8-7-11-16(17)19(23-20)15-9-5-4-6-10-15/h4-12H,1-3H3,(H,21,22,23). The lowest BCUT2D eigenvalue weighted by molar-refractivity contribution is 0.731. The van der Waals surface area contributed by atoms with Gasteiger partial charge < -0.3 is 5.32 Å². The molecule has 2 aromatic carbocycles. The third kappa shape index (κ3) is 2.74. The van der Waals surface area contributed by atoms with Gasteiger partial charge in [0.25, 0.3) is 0 Å². The Hall–Kier alpha value is -3.21. The molecule has 5 heteroatoms. The van der Waals surface area contributed by atoms with Crippen molar-refractivity contribution in [3.8, 4) is 11.3 Å². The molecular weight excluding hydrogens is 310 g/mol. The van der Waals surface area contributed by atoms with E-state index in [1.165, 1.54) is 0 Å². The average Bonchev–Trinajstić information content (AvgIpc) is 2.88. The van der Waals surface area contributed by atoms with E-state index in [2.05, 4.69) is 33.6 Å². The average molecular weight is 329 g/mol. The van der Waals surface area contributed by atoms with Crippen LogP contribution in [0, 0.1) is 13.8 Å². The number of aryl methyl sites for hydroxylation is 2. The zero-order valence-corrected chi connectivity index (χ0v) is 14.5. The Kier molecular flexibility index (Phi) is 3.69. The second-order valence-electron chi connectivity index (χ2n) is 6.07. The van der Waals surface area contributed by atoms with Crippen LogP contribution in [0.2, 0.25) is 0 Å². The molecule has 0 spiro atoms. The summed E-state index contributed by atoms with van der Waals surface area (Å²) in [5.74, 6) is 0.580. The maximum Gasteiger partial charge on any atom is 0.228 e. The number of hydrogen-bond donors (Lipinski definition) is 1. The van der Waals surface area contributed by atoms with Crippen LogP contribution in [-0.2, 0) is 7.05 Å². The number of hydrogen-bond acceptors (Lipinski definition) is 4.